The van der Waals surface area contributed by atoms with Gasteiger partial charge < -0.3 is 4.74 Å². The molecule has 0 saturated heterocycles. The standard InChI is InChI=1S/C14H16O2/c1-2-16-14(15)13-10-12(13)9-8-11-6-4-3-5-7-11/h3-9,12-13H,2,10H2,1H3/b9-8+/t12-,13+/m0/s1. The Kier molecular flexibility index (Phi) is 3.40. The highest BCUT2D eigenvalue weighted by Gasteiger charge is 2.42. The fourth-order valence-electron chi connectivity index (χ4n) is 1.75. The largest absolute Gasteiger partial charge is 0.466 e. The number of carbonyl (C=O) groups is 1. The molecule has 1 saturated carbocycles. The minimum absolute atomic E-state index is 0.0507. The summed E-state index contributed by atoms with van der Waals surface area (Å²) in [6.07, 6.45) is 5.11. The number of allylic oxidation sites excluding steroid dienone is 1. The molecular formula is C14H16O2. The van der Waals surface area contributed by atoms with E-state index in [-0.39, 0.29) is 11.9 Å². The predicted octanol–water partition coefficient (Wildman–Crippen LogP) is 2.90. The smallest absolute Gasteiger partial charge is 0.309 e. The molecule has 16 heavy (non-hydrogen) atoms. The fourth-order valence-corrected chi connectivity index (χ4v) is 1.75. The van der Waals surface area contributed by atoms with Gasteiger partial charge in [0.1, 0.15) is 0 Å². The first-order chi connectivity index (χ1) is 7.81. The van der Waals surface area contributed by atoms with E-state index >= 15 is 0 Å². The number of hydrogen-bond acceptors (Lipinski definition) is 2. The van der Waals surface area contributed by atoms with Crippen LogP contribution < -0.4 is 0 Å². The van der Waals surface area contributed by atoms with Crippen molar-refractivity contribution >= 4 is 12.0 Å². The summed E-state index contributed by atoms with van der Waals surface area (Å²) in [6, 6.07) is 10.1. The number of ether oxygens (including phenoxy) is 1. The molecule has 0 aromatic heterocycles. The van der Waals surface area contributed by atoms with Crippen LogP contribution in [0.4, 0.5) is 0 Å². The minimum atomic E-state index is -0.0507. The van der Waals surface area contributed by atoms with Gasteiger partial charge in [0.05, 0.1) is 12.5 Å². The molecule has 0 radical (unpaired) electrons. The second-order valence-corrected chi connectivity index (χ2v) is 4.03. The molecule has 0 amide bonds. The normalized spacial score (nSPS) is 23.3. The van der Waals surface area contributed by atoms with Gasteiger partial charge in [-0.25, -0.2) is 0 Å². The highest BCUT2D eigenvalue weighted by atomic mass is 16.5. The average molecular weight is 216 g/mol. The lowest BCUT2D eigenvalue weighted by Gasteiger charge is -1.97. The monoisotopic (exact) mass is 216 g/mol. The van der Waals surface area contributed by atoms with E-state index < -0.39 is 0 Å². The molecule has 1 aliphatic rings. The zero-order valence-corrected chi connectivity index (χ0v) is 9.43. The van der Waals surface area contributed by atoms with E-state index in [1.54, 1.807) is 0 Å². The minimum Gasteiger partial charge on any atom is -0.466 e. The van der Waals surface area contributed by atoms with Crippen molar-refractivity contribution in [2.75, 3.05) is 6.61 Å². The zero-order chi connectivity index (χ0) is 11.4. The zero-order valence-electron chi connectivity index (χ0n) is 9.43. The molecular weight excluding hydrogens is 200 g/mol. The van der Waals surface area contributed by atoms with Crippen LogP contribution in [0.1, 0.15) is 18.9 Å². The van der Waals surface area contributed by atoms with Crippen LogP contribution in [0.25, 0.3) is 6.08 Å². The van der Waals surface area contributed by atoms with Crippen molar-refractivity contribution in [1.29, 1.82) is 0 Å². The molecule has 0 N–H and O–H groups in total. The molecule has 0 unspecified atom stereocenters. The first-order valence-corrected chi connectivity index (χ1v) is 5.71. The fraction of sp³-hybridized carbons (Fsp3) is 0.357. The topological polar surface area (TPSA) is 26.3 Å². The van der Waals surface area contributed by atoms with Crippen LogP contribution in [0.2, 0.25) is 0 Å². The Balaban J connectivity index is 1.85. The maximum atomic E-state index is 11.4. The molecule has 1 aromatic rings. The van der Waals surface area contributed by atoms with Crippen molar-refractivity contribution in [3.63, 3.8) is 0 Å². The van der Waals surface area contributed by atoms with Gasteiger partial charge in [0, 0.05) is 0 Å². The van der Waals surface area contributed by atoms with Crippen molar-refractivity contribution in [3.05, 3.63) is 42.0 Å². The number of carbonyl (C=O) groups excluding carboxylic acids is 1. The first-order valence-electron chi connectivity index (χ1n) is 5.71. The quantitative estimate of drug-likeness (QED) is 0.723. The molecule has 84 valence electrons. The summed E-state index contributed by atoms with van der Waals surface area (Å²) in [6.45, 7) is 2.32. The van der Waals surface area contributed by atoms with E-state index in [9.17, 15) is 4.79 Å². The third-order valence-electron chi connectivity index (χ3n) is 2.76. The molecule has 1 aromatic carbocycles. The van der Waals surface area contributed by atoms with Gasteiger partial charge in [-0.05, 0) is 24.8 Å². The van der Waals surface area contributed by atoms with Gasteiger partial charge in [-0.1, -0.05) is 42.5 Å². The van der Waals surface area contributed by atoms with Crippen LogP contribution in [0.15, 0.2) is 36.4 Å². The van der Waals surface area contributed by atoms with Gasteiger partial charge in [0.25, 0.3) is 0 Å². The van der Waals surface area contributed by atoms with Gasteiger partial charge >= 0.3 is 5.97 Å². The van der Waals surface area contributed by atoms with E-state index in [1.807, 2.05) is 25.1 Å². The number of rotatable bonds is 4. The van der Waals surface area contributed by atoms with Gasteiger partial charge in [-0.15, -0.1) is 0 Å². The van der Waals surface area contributed by atoms with Crippen LogP contribution in [0.3, 0.4) is 0 Å². The summed E-state index contributed by atoms with van der Waals surface area (Å²) in [5, 5.41) is 0. The van der Waals surface area contributed by atoms with E-state index in [2.05, 4.69) is 24.3 Å². The van der Waals surface area contributed by atoms with Crippen molar-refractivity contribution < 1.29 is 9.53 Å². The number of esters is 1. The predicted molar refractivity (Wildman–Crippen MR) is 63.7 cm³/mol. The first kappa shape index (κ1) is 10.9. The van der Waals surface area contributed by atoms with Crippen LogP contribution in [0, 0.1) is 11.8 Å². The van der Waals surface area contributed by atoms with Crippen LogP contribution in [-0.4, -0.2) is 12.6 Å². The van der Waals surface area contributed by atoms with Gasteiger partial charge in [0.2, 0.25) is 0 Å². The van der Waals surface area contributed by atoms with Crippen molar-refractivity contribution in [3.8, 4) is 0 Å². The van der Waals surface area contributed by atoms with E-state index in [1.165, 1.54) is 5.56 Å². The highest BCUT2D eigenvalue weighted by molar-refractivity contribution is 5.76. The second-order valence-electron chi connectivity index (χ2n) is 4.03. The van der Waals surface area contributed by atoms with E-state index in [0.29, 0.717) is 12.5 Å². The van der Waals surface area contributed by atoms with E-state index in [4.69, 9.17) is 4.74 Å². The van der Waals surface area contributed by atoms with Crippen LogP contribution >= 0.6 is 0 Å². The summed E-state index contributed by atoms with van der Waals surface area (Å²) in [4.78, 5) is 11.4. The third kappa shape index (κ3) is 2.72. The van der Waals surface area contributed by atoms with Gasteiger partial charge in [-0.3, -0.25) is 4.79 Å². The number of benzene rings is 1. The maximum absolute atomic E-state index is 11.4. The summed E-state index contributed by atoms with van der Waals surface area (Å²) in [7, 11) is 0. The highest BCUT2D eigenvalue weighted by Crippen LogP contribution is 2.40. The SMILES string of the molecule is CCOC(=O)[C@@H]1C[C@@H]1/C=C/c1ccccc1. The summed E-state index contributed by atoms with van der Waals surface area (Å²) >= 11 is 0. The average Bonchev–Trinajstić information content (AvgIpc) is 3.08. The van der Waals surface area contributed by atoms with Crippen LogP contribution in [0.5, 0.6) is 0 Å². The Hall–Kier alpha value is -1.57. The Morgan fingerprint density at radius 3 is 2.88 bits per heavy atom. The Labute approximate surface area is 95.9 Å². The molecule has 1 fully saturated rings. The summed E-state index contributed by atoms with van der Waals surface area (Å²) in [5.41, 5.74) is 1.18. The van der Waals surface area contributed by atoms with Crippen molar-refractivity contribution in [1.82, 2.24) is 0 Å². The van der Waals surface area contributed by atoms with Crippen LogP contribution in [-0.2, 0) is 9.53 Å². The van der Waals surface area contributed by atoms with E-state index in [0.717, 1.165) is 6.42 Å². The summed E-state index contributed by atoms with van der Waals surface area (Å²) in [5.74, 6) is 0.421. The molecule has 2 heteroatoms. The lowest BCUT2D eigenvalue weighted by Crippen LogP contribution is -2.06. The second kappa shape index (κ2) is 4.97. The maximum Gasteiger partial charge on any atom is 0.309 e. The molecule has 1 aliphatic carbocycles. The Morgan fingerprint density at radius 1 is 1.44 bits per heavy atom. The van der Waals surface area contributed by atoms with Crippen molar-refractivity contribution in [2.24, 2.45) is 11.8 Å². The molecule has 0 aliphatic heterocycles. The molecule has 2 rings (SSSR count). The number of hydrogen-bond donors (Lipinski definition) is 0. The van der Waals surface area contributed by atoms with Gasteiger partial charge in [-0.2, -0.15) is 0 Å². The Bertz CT molecular complexity index is 381. The third-order valence-corrected chi connectivity index (χ3v) is 2.76. The molecule has 0 bridgehead atoms. The summed E-state index contributed by atoms with van der Waals surface area (Å²) < 4.78 is 4.98. The lowest BCUT2D eigenvalue weighted by atomic mass is 10.2. The van der Waals surface area contributed by atoms with Crippen molar-refractivity contribution in [2.45, 2.75) is 13.3 Å². The molecule has 2 atom stereocenters. The Morgan fingerprint density at radius 2 is 2.19 bits per heavy atom. The molecule has 2 nitrogen and oxygen atoms in total. The lowest BCUT2D eigenvalue weighted by molar-refractivity contribution is -0.144. The molecule has 0 spiro atoms. The molecule has 0 heterocycles. The van der Waals surface area contributed by atoms with Gasteiger partial charge in [0.15, 0.2) is 0 Å².